The van der Waals surface area contributed by atoms with E-state index in [1.807, 2.05) is 0 Å². The number of aromatic carboxylic acids is 1. The Morgan fingerprint density at radius 3 is 2.18 bits per heavy atom. The van der Waals surface area contributed by atoms with Crippen LogP contribution >= 0.6 is 0 Å². The summed E-state index contributed by atoms with van der Waals surface area (Å²) in [5.74, 6) is -1.31. The van der Waals surface area contributed by atoms with Crippen LogP contribution in [0.5, 0.6) is 5.75 Å². The number of rotatable bonds is 1. The van der Waals surface area contributed by atoms with E-state index >= 15 is 0 Å². The van der Waals surface area contributed by atoms with Crippen LogP contribution in [0.25, 0.3) is 0 Å². The molecule has 1 aromatic carbocycles. The van der Waals surface area contributed by atoms with E-state index in [0.29, 0.717) is 0 Å². The predicted octanol–water partition coefficient (Wildman–Crippen LogP) is -0.0935. The molecule has 0 aliphatic rings. The van der Waals surface area contributed by atoms with Crippen molar-refractivity contribution in [2.45, 2.75) is 0 Å². The summed E-state index contributed by atoms with van der Waals surface area (Å²) in [7, 11) is 0. The Kier molecular flexibility index (Phi) is 3.77. The average molecular weight is 211 g/mol. The fourth-order valence-corrected chi connectivity index (χ4v) is 0.654. The fourth-order valence-electron chi connectivity index (χ4n) is 0.654. The summed E-state index contributed by atoms with van der Waals surface area (Å²) in [5.41, 5.74) is -0.0671. The molecular formula is C7H9GaO3. The molecule has 0 spiro atoms. The molecular weight excluding hydrogens is 202 g/mol. The molecule has 2 N–H and O–H groups in total. The van der Waals surface area contributed by atoms with Crippen LogP contribution in [0.2, 0.25) is 0 Å². The van der Waals surface area contributed by atoms with E-state index in [2.05, 4.69) is 0 Å². The molecule has 3 nitrogen and oxygen atoms in total. The number of carboxylic acids is 1. The Morgan fingerprint density at radius 1 is 1.27 bits per heavy atom. The number of carbonyl (C=O) groups is 1. The summed E-state index contributed by atoms with van der Waals surface area (Å²) in [6, 6.07) is 5.81. The molecule has 1 aromatic rings. The number of para-hydroxylation sites is 1. The van der Waals surface area contributed by atoms with Gasteiger partial charge in [-0.1, -0.05) is 12.1 Å². The van der Waals surface area contributed by atoms with Crippen molar-refractivity contribution in [1.29, 1.82) is 0 Å². The molecule has 0 saturated carbocycles. The predicted molar refractivity (Wildman–Crippen MR) is 45.0 cm³/mol. The summed E-state index contributed by atoms with van der Waals surface area (Å²) in [6.07, 6.45) is 0. The first kappa shape index (κ1) is 10.1. The van der Waals surface area contributed by atoms with E-state index in [4.69, 9.17) is 10.2 Å². The first-order valence-electron chi connectivity index (χ1n) is 2.73. The van der Waals surface area contributed by atoms with Crippen LogP contribution < -0.4 is 0 Å². The van der Waals surface area contributed by atoms with Crippen molar-refractivity contribution in [2.75, 3.05) is 0 Å². The average Bonchev–Trinajstić information content (AvgIpc) is 1.88. The van der Waals surface area contributed by atoms with Gasteiger partial charge in [-0.3, -0.25) is 0 Å². The molecule has 0 aromatic heterocycles. The second kappa shape index (κ2) is 4.10. The molecule has 0 aliphatic carbocycles. The van der Waals surface area contributed by atoms with Gasteiger partial charge in [0.15, 0.2) is 0 Å². The van der Waals surface area contributed by atoms with E-state index in [1.54, 1.807) is 12.1 Å². The monoisotopic (exact) mass is 210 g/mol. The summed E-state index contributed by atoms with van der Waals surface area (Å²) in [6.45, 7) is 0. The minimum atomic E-state index is -1.11. The van der Waals surface area contributed by atoms with Crippen LogP contribution in [0.1, 0.15) is 10.4 Å². The zero-order valence-corrected chi connectivity index (χ0v) is 5.11. The van der Waals surface area contributed by atoms with E-state index in [-0.39, 0.29) is 31.1 Å². The summed E-state index contributed by atoms with van der Waals surface area (Å²) in [5, 5.41) is 17.3. The number of aromatic hydroxyl groups is 1. The van der Waals surface area contributed by atoms with Gasteiger partial charge in [0.05, 0.1) is 0 Å². The molecule has 0 amide bonds. The first-order valence-corrected chi connectivity index (χ1v) is 2.73. The van der Waals surface area contributed by atoms with E-state index in [9.17, 15) is 4.79 Å². The van der Waals surface area contributed by atoms with Gasteiger partial charge in [-0.15, -0.1) is 0 Å². The van der Waals surface area contributed by atoms with Gasteiger partial charge in [-0.05, 0) is 12.1 Å². The number of benzene rings is 1. The molecule has 0 saturated heterocycles. The molecule has 4 heteroatoms. The number of hydrogen-bond acceptors (Lipinski definition) is 2. The van der Waals surface area contributed by atoms with Gasteiger partial charge in [-0.25, -0.2) is 4.79 Å². The van der Waals surface area contributed by atoms with Crippen molar-refractivity contribution < 1.29 is 15.0 Å². The second-order valence-electron chi connectivity index (χ2n) is 1.82. The summed E-state index contributed by atoms with van der Waals surface area (Å²) >= 11 is 0. The van der Waals surface area contributed by atoms with Crippen LogP contribution in [-0.2, 0) is 0 Å². The van der Waals surface area contributed by atoms with Crippen molar-refractivity contribution >= 4 is 25.8 Å². The molecule has 0 heterocycles. The van der Waals surface area contributed by atoms with Crippen LogP contribution in [0, 0.1) is 0 Å². The van der Waals surface area contributed by atoms with E-state index < -0.39 is 5.97 Å². The van der Waals surface area contributed by atoms with Gasteiger partial charge in [0.25, 0.3) is 0 Å². The molecule has 58 valence electrons. The quantitative estimate of drug-likeness (QED) is 0.638. The number of carboxylic acid groups (broad SMARTS) is 1. The third-order valence-electron chi connectivity index (χ3n) is 1.13. The molecule has 0 aliphatic heterocycles. The second-order valence-corrected chi connectivity index (χ2v) is 1.82. The standard InChI is InChI=1S/C7H6O3.Ga.3H/c8-6-4-2-1-3-5(6)7(9)10;;;;/h1-4,8H,(H,9,10);;;;. The molecule has 0 unspecified atom stereocenters. The Bertz CT molecular complexity index is 260. The number of phenols is 1. The van der Waals surface area contributed by atoms with Gasteiger partial charge in [0.1, 0.15) is 11.3 Å². The van der Waals surface area contributed by atoms with Crippen LogP contribution in [0.15, 0.2) is 24.3 Å². The molecule has 0 atom stereocenters. The molecule has 11 heavy (non-hydrogen) atoms. The third kappa shape index (κ3) is 2.32. The SMILES string of the molecule is O=C(O)c1ccccc1O.[GaH3]. The van der Waals surface area contributed by atoms with Gasteiger partial charge >= 0.3 is 25.8 Å². The van der Waals surface area contributed by atoms with Gasteiger partial charge in [0, 0.05) is 0 Å². The van der Waals surface area contributed by atoms with E-state index in [0.717, 1.165) is 0 Å². The van der Waals surface area contributed by atoms with Crippen LogP contribution in [-0.4, -0.2) is 36.0 Å². The molecule has 1 rings (SSSR count). The normalized spacial score (nSPS) is 8.36. The van der Waals surface area contributed by atoms with Crippen LogP contribution in [0.3, 0.4) is 0 Å². The maximum atomic E-state index is 10.3. The maximum absolute atomic E-state index is 10.3. The third-order valence-corrected chi connectivity index (χ3v) is 1.13. The Balaban J connectivity index is 0.000001000. The molecule has 0 bridgehead atoms. The Hall–Kier alpha value is -0.874. The van der Waals surface area contributed by atoms with Gasteiger partial charge < -0.3 is 10.2 Å². The van der Waals surface area contributed by atoms with Crippen molar-refractivity contribution in [3.8, 4) is 5.75 Å². The Labute approximate surface area is 76.7 Å². The van der Waals surface area contributed by atoms with Crippen LogP contribution in [0.4, 0.5) is 0 Å². The topological polar surface area (TPSA) is 57.5 Å². The fraction of sp³-hybridized carbons (Fsp3) is 0. The first-order chi connectivity index (χ1) is 4.72. The van der Waals surface area contributed by atoms with E-state index in [1.165, 1.54) is 12.1 Å². The summed E-state index contributed by atoms with van der Waals surface area (Å²) in [4.78, 5) is 10.3. The molecule has 0 fully saturated rings. The zero-order chi connectivity index (χ0) is 7.56. The van der Waals surface area contributed by atoms with Crippen molar-refractivity contribution in [3.63, 3.8) is 0 Å². The minimum absolute atomic E-state index is 0. The van der Waals surface area contributed by atoms with Crippen molar-refractivity contribution in [2.24, 2.45) is 0 Å². The number of hydrogen-bond donors (Lipinski definition) is 2. The van der Waals surface area contributed by atoms with Gasteiger partial charge in [0.2, 0.25) is 0 Å². The zero-order valence-electron chi connectivity index (χ0n) is 5.11. The van der Waals surface area contributed by atoms with Crippen molar-refractivity contribution in [3.05, 3.63) is 29.8 Å². The summed E-state index contributed by atoms with van der Waals surface area (Å²) < 4.78 is 0. The van der Waals surface area contributed by atoms with Crippen molar-refractivity contribution in [1.82, 2.24) is 0 Å². The van der Waals surface area contributed by atoms with Gasteiger partial charge in [-0.2, -0.15) is 0 Å². The Morgan fingerprint density at radius 2 is 1.82 bits per heavy atom. The molecule has 0 radical (unpaired) electrons.